The molecule has 6 aromatic heterocycles. The van der Waals surface area contributed by atoms with E-state index in [1.807, 2.05) is 22.7 Å². The van der Waals surface area contributed by atoms with Crippen molar-refractivity contribution in [2.45, 2.75) is 155 Å². The van der Waals surface area contributed by atoms with Crippen molar-refractivity contribution in [1.29, 1.82) is 0 Å². The number of rotatable bonds is 26. The topological polar surface area (TPSA) is 51.6 Å². The van der Waals surface area contributed by atoms with Crippen molar-refractivity contribution >= 4 is 79.1 Å². The summed E-state index contributed by atoms with van der Waals surface area (Å²) >= 11 is 8.58. The normalized spacial score (nSPS) is 11.8. The van der Waals surface area contributed by atoms with Crippen LogP contribution in [0, 0.1) is 0 Å². The lowest BCUT2D eigenvalue weighted by Gasteiger charge is -2.14. The molecule has 6 heterocycles. The van der Waals surface area contributed by atoms with E-state index in [2.05, 4.69) is 73.1 Å². The fourth-order valence-corrected chi connectivity index (χ4v) is 12.2. The van der Waals surface area contributed by atoms with Crippen molar-refractivity contribution in [3.63, 3.8) is 0 Å². The molecule has 7 aromatic rings. The lowest BCUT2D eigenvalue weighted by molar-refractivity contribution is 0.557. The average Bonchev–Trinajstić information content (AvgIpc) is 4.09. The maximum atomic E-state index is 5.69. The van der Waals surface area contributed by atoms with Crippen LogP contribution in [0.15, 0.2) is 59.3 Å². The summed E-state index contributed by atoms with van der Waals surface area (Å²) < 4.78 is 9.82. The van der Waals surface area contributed by atoms with Crippen LogP contribution in [0.25, 0.3) is 64.1 Å². The molecule has 0 saturated heterocycles. The molecular weight excluding hydrogens is 793 g/mol. The highest BCUT2D eigenvalue weighted by atomic mass is 32.1. The largest absolute Gasteiger partial charge is 0.242 e. The van der Waals surface area contributed by atoms with Crippen LogP contribution >= 0.6 is 57.1 Å². The molecule has 0 radical (unpaired) electrons. The Hall–Kier alpha value is -2.82. The molecule has 4 nitrogen and oxygen atoms in total. The van der Waals surface area contributed by atoms with Crippen molar-refractivity contribution in [3.05, 3.63) is 69.0 Å². The summed E-state index contributed by atoms with van der Waals surface area (Å²) in [5.41, 5.74) is 7.79. The first-order chi connectivity index (χ1) is 28.2. The maximum absolute atomic E-state index is 5.69. The van der Waals surface area contributed by atoms with Gasteiger partial charge in [0, 0.05) is 30.6 Å². The van der Waals surface area contributed by atoms with Gasteiger partial charge < -0.3 is 0 Å². The Morgan fingerprint density at radius 3 is 1.16 bits per heavy atom. The van der Waals surface area contributed by atoms with Crippen LogP contribution in [-0.2, 0) is 12.8 Å². The standard InChI is InChI=1S/C48H60N4S5/c1-3-5-7-9-11-13-15-17-19-21-25-35-29-31-39(55-35)43-44(40-32-30-36(56-40)26-22-20-18-16-14-12-10-8-6-4-2)50-46-42(38-28-24-34-54-38)48-47(51-57-52-48)41(45(46)49-43)37-27-23-33-53-37/h23-24,27-34H,3-22,25-26H2,1-2H3. The Bertz CT molecular complexity index is 2050. The molecule has 0 fully saturated rings. The summed E-state index contributed by atoms with van der Waals surface area (Å²) in [5, 5.41) is 4.29. The second kappa shape index (κ2) is 22.5. The Morgan fingerprint density at radius 2 is 0.789 bits per heavy atom. The lowest BCUT2D eigenvalue weighted by Crippen LogP contribution is -1.98. The fraction of sp³-hybridized carbons (Fsp3) is 0.500. The monoisotopic (exact) mass is 852 g/mol. The molecule has 0 aliphatic heterocycles. The predicted octanol–water partition coefficient (Wildman–Crippen LogP) is 17.5. The molecular formula is C48H60N4S5. The van der Waals surface area contributed by atoms with Gasteiger partial charge in [-0.1, -0.05) is 142 Å². The molecule has 0 saturated carbocycles. The van der Waals surface area contributed by atoms with E-state index < -0.39 is 0 Å². The first-order valence-corrected chi connectivity index (χ1v) is 26.1. The molecule has 302 valence electrons. The van der Waals surface area contributed by atoms with Crippen LogP contribution in [0.5, 0.6) is 0 Å². The van der Waals surface area contributed by atoms with Gasteiger partial charge in [-0.2, -0.15) is 8.75 Å². The highest BCUT2D eigenvalue weighted by molar-refractivity contribution is 7.16. The van der Waals surface area contributed by atoms with Crippen LogP contribution in [0.4, 0.5) is 0 Å². The molecule has 0 atom stereocenters. The van der Waals surface area contributed by atoms with Crippen molar-refractivity contribution in [2.24, 2.45) is 0 Å². The van der Waals surface area contributed by atoms with Crippen molar-refractivity contribution in [3.8, 4) is 42.0 Å². The maximum Gasteiger partial charge on any atom is 0.116 e. The zero-order valence-electron chi connectivity index (χ0n) is 34.2. The Labute approximate surface area is 361 Å². The number of fused-ring (bicyclic) bond motifs is 2. The molecule has 0 aliphatic carbocycles. The fourth-order valence-electron chi connectivity index (χ4n) is 8.03. The van der Waals surface area contributed by atoms with Gasteiger partial charge in [-0.25, -0.2) is 9.97 Å². The van der Waals surface area contributed by atoms with Crippen molar-refractivity contribution < 1.29 is 0 Å². The molecule has 9 heteroatoms. The molecule has 0 unspecified atom stereocenters. The Balaban J connectivity index is 1.15. The molecule has 0 bridgehead atoms. The van der Waals surface area contributed by atoms with Crippen LogP contribution < -0.4 is 0 Å². The molecule has 1 aromatic carbocycles. The van der Waals surface area contributed by atoms with Gasteiger partial charge >= 0.3 is 0 Å². The van der Waals surface area contributed by atoms with Crippen LogP contribution in [0.2, 0.25) is 0 Å². The highest BCUT2D eigenvalue weighted by Crippen LogP contribution is 2.47. The first kappa shape index (κ1) is 42.3. The number of unbranched alkanes of at least 4 members (excludes halogenated alkanes) is 18. The third kappa shape index (κ3) is 11.3. The quantitative estimate of drug-likeness (QED) is 0.0509. The number of thiophene rings is 4. The van der Waals surface area contributed by atoms with Gasteiger partial charge in [-0.15, -0.1) is 45.3 Å². The molecule has 0 spiro atoms. The smallest absolute Gasteiger partial charge is 0.116 e. The number of nitrogens with zero attached hydrogens (tertiary/aromatic N) is 4. The van der Waals surface area contributed by atoms with Gasteiger partial charge in [-0.3, -0.25) is 0 Å². The molecule has 7 rings (SSSR count). The summed E-state index contributed by atoms with van der Waals surface area (Å²) in [4.78, 5) is 19.0. The SMILES string of the molecule is CCCCCCCCCCCCc1ccc(-c2nc3c(-c4cccs4)c4nsnc4c(-c4cccs4)c3nc2-c2ccc(CCCCCCCCCCCC)s2)s1. The number of hydrogen-bond donors (Lipinski definition) is 0. The summed E-state index contributed by atoms with van der Waals surface area (Å²) in [7, 11) is 0. The second-order valence-electron chi connectivity index (χ2n) is 15.7. The van der Waals surface area contributed by atoms with Crippen LogP contribution in [0.3, 0.4) is 0 Å². The van der Waals surface area contributed by atoms with Gasteiger partial charge in [-0.05, 0) is 72.8 Å². The zero-order valence-corrected chi connectivity index (χ0v) is 38.2. The van der Waals surface area contributed by atoms with Crippen molar-refractivity contribution in [2.75, 3.05) is 0 Å². The minimum atomic E-state index is 0.923. The van der Waals surface area contributed by atoms with Gasteiger partial charge in [0.2, 0.25) is 0 Å². The van der Waals surface area contributed by atoms with Gasteiger partial charge in [0.15, 0.2) is 0 Å². The molecule has 57 heavy (non-hydrogen) atoms. The predicted molar refractivity (Wildman–Crippen MR) is 255 cm³/mol. The Kier molecular flexibility index (Phi) is 16.7. The van der Waals surface area contributed by atoms with E-state index in [-0.39, 0.29) is 0 Å². The third-order valence-corrected chi connectivity index (χ3v) is 15.8. The Morgan fingerprint density at radius 1 is 0.404 bits per heavy atom. The van der Waals surface area contributed by atoms with E-state index in [1.165, 1.54) is 160 Å². The minimum absolute atomic E-state index is 0.923. The van der Waals surface area contributed by atoms with E-state index in [0.29, 0.717) is 0 Å². The number of aryl methyl sites for hydroxylation is 2. The number of benzene rings is 1. The number of aromatic nitrogens is 4. The van der Waals surface area contributed by atoms with Gasteiger partial charge in [0.05, 0.1) is 21.5 Å². The van der Waals surface area contributed by atoms with Crippen LogP contribution in [-0.4, -0.2) is 18.7 Å². The highest BCUT2D eigenvalue weighted by Gasteiger charge is 2.26. The third-order valence-electron chi connectivity index (χ3n) is 11.2. The number of hydrogen-bond acceptors (Lipinski definition) is 9. The van der Waals surface area contributed by atoms with E-state index in [0.717, 1.165) is 67.2 Å². The minimum Gasteiger partial charge on any atom is -0.242 e. The molecule has 0 amide bonds. The summed E-state index contributed by atoms with van der Waals surface area (Å²) in [6, 6.07) is 17.9. The van der Waals surface area contributed by atoms with E-state index >= 15 is 0 Å². The second-order valence-corrected chi connectivity index (χ2v) is 20.4. The van der Waals surface area contributed by atoms with Crippen molar-refractivity contribution in [1.82, 2.24) is 18.7 Å². The summed E-state index contributed by atoms with van der Waals surface area (Å²) in [5.74, 6) is 0. The zero-order chi connectivity index (χ0) is 39.1. The summed E-state index contributed by atoms with van der Waals surface area (Å²) in [6.07, 6.45) is 29.5. The van der Waals surface area contributed by atoms with E-state index in [9.17, 15) is 0 Å². The molecule has 0 N–H and O–H groups in total. The van der Waals surface area contributed by atoms with Crippen LogP contribution in [0.1, 0.15) is 152 Å². The average molecular weight is 853 g/mol. The van der Waals surface area contributed by atoms with E-state index in [1.54, 1.807) is 22.7 Å². The van der Waals surface area contributed by atoms with Gasteiger partial charge in [0.1, 0.15) is 33.5 Å². The lowest BCUT2D eigenvalue weighted by atomic mass is 10.0. The molecule has 0 aliphatic rings. The summed E-state index contributed by atoms with van der Waals surface area (Å²) in [6.45, 7) is 4.59. The van der Waals surface area contributed by atoms with E-state index in [4.69, 9.17) is 18.7 Å². The van der Waals surface area contributed by atoms with Gasteiger partial charge in [0.25, 0.3) is 0 Å². The first-order valence-electron chi connectivity index (χ1n) is 22.0.